The van der Waals surface area contributed by atoms with Crippen molar-refractivity contribution < 1.29 is 0 Å². The van der Waals surface area contributed by atoms with Gasteiger partial charge in [-0.2, -0.15) is 0 Å². The van der Waals surface area contributed by atoms with Crippen molar-refractivity contribution in [3.05, 3.63) is 0 Å². The van der Waals surface area contributed by atoms with Crippen molar-refractivity contribution in [2.24, 2.45) is 5.41 Å². The molecule has 1 aliphatic rings. The SMILES string of the molecule is CCCCCCCCN1CCNC(C(C)(C)C)C1. The van der Waals surface area contributed by atoms with E-state index in [0.29, 0.717) is 11.5 Å². The third kappa shape index (κ3) is 6.19. The number of rotatable bonds is 7. The second-order valence-corrected chi connectivity index (χ2v) is 6.94. The Hall–Kier alpha value is -0.0800. The van der Waals surface area contributed by atoms with E-state index < -0.39 is 0 Å². The summed E-state index contributed by atoms with van der Waals surface area (Å²) in [5, 5.41) is 3.67. The maximum atomic E-state index is 3.67. The van der Waals surface area contributed by atoms with Gasteiger partial charge < -0.3 is 10.2 Å². The van der Waals surface area contributed by atoms with Crippen molar-refractivity contribution in [3.8, 4) is 0 Å². The van der Waals surface area contributed by atoms with Crippen molar-refractivity contribution in [3.63, 3.8) is 0 Å². The van der Waals surface area contributed by atoms with E-state index in [-0.39, 0.29) is 0 Å². The lowest BCUT2D eigenvalue weighted by atomic mass is 9.85. The Labute approximate surface area is 115 Å². The van der Waals surface area contributed by atoms with Gasteiger partial charge in [0.05, 0.1) is 0 Å². The number of nitrogens with zero attached hydrogens (tertiary/aromatic N) is 1. The minimum absolute atomic E-state index is 0.389. The zero-order chi connectivity index (χ0) is 13.4. The molecule has 2 nitrogen and oxygen atoms in total. The van der Waals surface area contributed by atoms with Crippen LogP contribution in [0.1, 0.15) is 66.2 Å². The predicted octanol–water partition coefficient (Wildman–Crippen LogP) is 3.67. The summed E-state index contributed by atoms with van der Waals surface area (Å²) in [4.78, 5) is 2.66. The van der Waals surface area contributed by atoms with Crippen LogP contribution in [0.2, 0.25) is 0 Å². The highest BCUT2D eigenvalue weighted by Gasteiger charge is 2.28. The zero-order valence-corrected chi connectivity index (χ0v) is 13.1. The molecule has 0 saturated carbocycles. The number of hydrogen-bond acceptors (Lipinski definition) is 2. The Morgan fingerprint density at radius 2 is 1.72 bits per heavy atom. The number of unbranched alkanes of at least 4 members (excludes halogenated alkanes) is 5. The Morgan fingerprint density at radius 3 is 2.39 bits per heavy atom. The third-order valence-electron chi connectivity index (χ3n) is 4.13. The van der Waals surface area contributed by atoms with Crippen LogP contribution in [0.3, 0.4) is 0 Å². The van der Waals surface area contributed by atoms with E-state index in [4.69, 9.17) is 0 Å². The van der Waals surface area contributed by atoms with Crippen LogP contribution in [-0.2, 0) is 0 Å². The van der Waals surface area contributed by atoms with Gasteiger partial charge in [-0.05, 0) is 18.4 Å². The molecule has 0 aromatic carbocycles. The fraction of sp³-hybridized carbons (Fsp3) is 1.00. The predicted molar refractivity (Wildman–Crippen MR) is 81.1 cm³/mol. The normalized spacial score (nSPS) is 22.3. The van der Waals surface area contributed by atoms with Gasteiger partial charge in [0.1, 0.15) is 0 Å². The van der Waals surface area contributed by atoms with Crippen LogP contribution in [0, 0.1) is 5.41 Å². The molecule has 18 heavy (non-hydrogen) atoms. The highest BCUT2D eigenvalue weighted by Crippen LogP contribution is 2.22. The zero-order valence-electron chi connectivity index (χ0n) is 13.1. The second-order valence-electron chi connectivity index (χ2n) is 6.94. The lowest BCUT2D eigenvalue weighted by molar-refractivity contribution is 0.132. The van der Waals surface area contributed by atoms with Crippen LogP contribution in [0.5, 0.6) is 0 Å². The van der Waals surface area contributed by atoms with Gasteiger partial charge >= 0.3 is 0 Å². The fourth-order valence-corrected chi connectivity index (χ4v) is 2.71. The Kier molecular flexibility index (Phi) is 7.25. The summed E-state index contributed by atoms with van der Waals surface area (Å²) >= 11 is 0. The molecule has 0 radical (unpaired) electrons. The van der Waals surface area contributed by atoms with Crippen LogP contribution in [0.15, 0.2) is 0 Å². The van der Waals surface area contributed by atoms with Crippen LogP contribution >= 0.6 is 0 Å². The summed E-state index contributed by atoms with van der Waals surface area (Å²) < 4.78 is 0. The molecule has 2 heteroatoms. The van der Waals surface area contributed by atoms with Crippen molar-refractivity contribution >= 4 is 0 Å². The molecule has 0 aliphatic carbocycles. The van der Waals surface area contributed by atoms with E-state index >= 15 is 0 Å². The third-order valence-corrected chi connectivity index (χ3v) is 4.13. The monoisotopic (exact) mass is 254 g/mol. The molecule has 1 unspecified atom stereocenters. The van der Waals surface area contributed by atoms with Crippen LogP contribution in [0.25, 0.3) is 0 Å². The summed E-state index contributed by atoms with van der Waals surface area (Å²) in [5.41, 5.74) is 0.389. The van der Waals surface area contributed by atoms with Gasteiger partial charge in [-0.15, -0.1) is 0 Å². The molecule has 1 heterocycles. The van der Waals surface area contributed by atoms with Gasteiger partial charge in [0.2, 0.25) is 0 Å². The van der Waals surface area contributed by atoms with Crippen molar-refractivity contribution in [2.75, 3.05) is 26.2 Å². The van der Waals surface area contributed by atoms with Crippen molar-refractivity contribution in [2.45, 2.75) is 72.3 Å². The van der Waals surface area contributed by atoms with Crippen molar-refractivity contribution in [1.82, 2.24) is 10.2 Å². The maximum absolute atomic E-state index is 3.67. The van der Waals surface area contributed by atoms with Gasteiger partial charge in [-0.25, -0.2) is 0 Å². The summed E-state index contributed by atoms with van der Waals surface area (Å²) in [5.74, 6) is 0. The first-order valence-corrected chi connectivity index (χ1v) is 7.99. The lowest BCUT2D eigenvalue weighted by Crippen LogP contribution is -2.55. The van der Waals surface area contributed by atoms with Gasteiger partial charge in [0.25, 0.3) is 0 Å². The van der Waals surface area contributed by atoms with Crippen molar-refractivity contribution in [1.29, 1.82) is 0 Å². The highest BCUT2D eigenvalue weighted by atomic mass is 15.2. The second kappa shape index (κ2) is 8.16. The molecule has 1 aliphatic heterocycles. The first-order chi connectivity index (χ1) is 8.54. The average molecular weight is 254 g/mol. The largest absolute Gasteiger partial charge is 0.311 e. The van der Waals surface area contributed by atoms with E-state index in [1.54, 1.807) is 0 Å². The summed E-state index contributed by atoms with van der Waals surface area (Å²) in [6.07, 6.45) is 8.45. The first kappa shape index (κ1) is 16.0. The molecule has 0 amide bonds. The minimum Gasteiger partial charge on any atom is -0.311 e. The molecule has 1 saturated heterocycles. The molecule has 0 bridgehead atoms. The molecule has 1 atom stereocenters. The topological polar surface area (TPSA) is 15.3 Å². The van der Waals surface area contributed by atoms with Gasteiger partial charge in [-0.1, -0.05) is 59.8 Å². The van der Waals surface area contributed by atoms with E-state index in [1.165, 1.54) is 58.2 Å². The van der Waals surface area contributed by atoms with Crippen LogP contribution in [0.4, 0.5) is 0 Å². The molecule has 1 N–H and O–H groups in total. The maximum Gasteiger partial charge on any atom is 0.0244 e. The van der Waals surface area contributed by atoms with E-state index in [9.17, 15) is 0 Å². The van der Waals surface area contributed by atoms with Crippen LogP contribution in [-0.4, -0.2) is 37.1 Å². The number of piperazine rings is 1. The Bertz CT molecular complexity index is 208. The number of nitrogens with one attached hydrogen (secondary N) is 1. The highest BCUT2D eigenvalue weighted by molar-refractivity contribution is 4.87. The quantitative estimate of drug-likeness (QED) is 0.697. The summed E-state index contributed by atoms with van der Waals surface area (Å²) in [6, 6.07) is 0.659. The molecule has 1 rings (SSSR count). The first-order valence-electron chi connectivity index (χ1n) is 7.99. The van der Waals surface area contributed by atoms with Gasteiger partial charge in [0, 0.05) is 25.7 Å². The fourth-order valence-electron chi connectivity index (χ4n) is 2.71. The molecule has 0 aromatic rings. The molecule has 0 spiro atoms. The van der Waals surface area contributed by atoms with Crippen LogP contribution < -0.4 is 5.32 Å². The van der Waals surface area contributed by atoms with Gasteiger partial charge in [0.15, 0.2) is 0 Å². The minimum atomic E-state index is 0.389. The van der Waals surface area contributed by atoms with E-state index in [2.05, 4.69) is 37.9 Å². The Balaban J connectivity index is 2.11. The standard InChI is InChI=1S/C16H34N2/c1-5-6-7-8-9-10-12-18-13-11-17-15(14-18)16(2,3)4/h15,17H,5-14H2,1-4H3. The smallest absolute Gasteiger partial charge is 0.0244 e. The lowest BCUT2D eigenvalue weighted by Gasteiger charge is -2.40. The van der Waals surface area contributed by atoms with E-state index in [1.807, 2.05) is 0 Å². The summed E-state index contributed by atoms with van der Waals surface area (Å²) in [6.45, 7) is 14.3. The average Bonchev–Trinajstić information content (AvgIpc) is 2.33. The van der Waals surface area contributed by atoms with E-state index in [0.717, 1.165) is 6.54 Å². The molecular formula is C16H34N2. The molecule has 0 aromatic heterocycles. The Morgan fingerprint density at radius 1 is 1.06 bits per heavy atom. The molecule has 1 fully saturated rings. The number of hydrogen-bond donors (Lipinski definition) is 1. The molecule has 108 valence electrons. The van der Waals surface area contributed by atoms with Gasteiger partial charge in [-0.3, -0.25) is 0 Å². The summed E-state index contributed by atoms with van der Waals surface area (Å²) in [7, 11) is 0. The molecular weight excluding hydrogens is 220 g/mol.